The van der Waals surface area contributed by atoms with Gasteiger partial charge in [-0.15, -0.1) is 12.4 Å². The lowest BCUT2D eigenvalue weighted by Gasteiger charge is -2.13. The molecular weight excluding hydrogens is 248 g/mol. The number of hydrogen-bond acceptors (Lipinski definition) is 3. The molecule has 0 aliphatic rings. The number of hydrogen-bond donors (Lipinski definition) is 2. The summed E-state index contributed by atoms with van der Waals surface area (Å²) in [6, 6.07) is 0.0425. The van der Waals surface area contributed by atoms with Crippen molar-refractivity contribution >= 4 is 22.4 Å². The average Bonchev–Trinajstić information content (AvgIpc) is 2.13. The van der Waals surface area contributed by atoms with Crippen molar-refractivity contribution in [3.05, 3.63) is 0 Å². The van der Waals surface area contributed by atoms with E-state index < -0.39 is 10.0 Å². The van der Waals surface area contributed by atoms with Crippen molar-refractivity contribution in [2.24, 2.45) is 11.7 Å². The monoisotopic (exact) mass is 272 g/mol. The lowest BCUT2D eigenvalue weighted by Crippen LogP contribution is -2.32. The molecule has 1 atom stereocenters. The molecule has 0 aliphatic carbocycles. The number of rotatable bonds is 8. The van der Waals surface area contributed by atoms with Crippen molar-refractivity contribution in [2.45, 2.75) is 46.1 Å². The molecule has 0 saturated carbocycles. The van der Waals surface area contributed by atoms with Crippen LogP contribution in [0.4, 0.5) is 0 Å². The lowest BCUT2D eigenvalue weighted by molar-refractivity contribution is 0.514. The molecule has 0 fully saturated rings. The van der Waals surface area contributed by atoms with Gasteiger partial charge < -0.3 is 5.73 Å². The third-order valence-corrected chi connectivity index (χ3v) is 4.09. The van der Waals surface area contributed by atoms with Crippen LogP contribution in [0.25, 0.3) is 0 Å². The first-order valence-electron chi connectivity index (χ1n) is 5.64. The number of sulfonamides is 1. The molecule has 16 heavy (non-hydrogen) atoms. The highest BCUT2D eigenvalue weighted by atomic mass is 35.5. The molecule has 0 aliphatic heterocycles. The predicted octanol–water partition coefficient (Wildman–Crippen LogP) is 1.50. The Morgan fingerprint density at radius 3 is 2.12 bits per heavy atom. The van der Waals surface area contributed by atoms with Crippen LogP contribution >= 0.6 is 12.4 Å². The second kappa shape index (κ2) is 9.22. The average molecular weight is 273 g/mol. The van der Waals surface area contributed by atoms with Crippen LogP contribution in [0.15, 0.2) is 0 Å². The first kappa shape index (κ1) is 18.5. The Bertz CT molecular complexity index is 252. The summed E-state index contributed by atoms with van der Waals surface area (Å²) >= 11 is 0. The topological polar surface area (TPSA) is 72.2 Å². The van der Waals surface area contributed by atoms with Gasteiger partial charge in [0.15, 0.2) is 0 Å². The van der Waals surface area contributed by atoms with E-state index in [0.29, 0.717) is 13.0 Å². The quantitative estimate of drug-likeness (QED) is 0.703. The summed E-state index contributed by atoms with van der Waals surface area (Å²) in [6.45, 7) is 6.35. The third kappa shape index (κ3) is 9.39. The van der Waals surface area contributed by atoms with Gasteiger partial charge in [-0.25, -0.2) is 13.1 Å². The van der Waals surface area contributed by atoms with Crippen LogP contribution in [-0.4, -0.2) is 26.8 Å². The molecule has 1 unspecified atom stereocenters. The van der Waals surface area contributed by atoms with Gasteiger partial charge in [-0.2, -0.15) is 0 Å². The molecule has 0 amide bonds. The van der Waals surface area contributed by atoms with Gasteiger partial charge >= 0.3 is 0 Å². The van der Waals surface area contributed by atoms with Gasteiger partial charge in [0.25, 0.3) is 0 Å². The van der Waals surface area contributed by atoms with Crippen LogP contribution in [0.3, 0.4) is 0 Å². The number of nitrogens with one attached hydrogen (secondary N) is 1. The highest BCUT2D eigenvalue weighted by Gasteiger charge is 2.15. The van der Waals surface area contributed by atoms with Crippen LogP contribution in [0.5, 0.6) is 0 Å². The minimum absolute atomic E-state index is 0. The van der Waals surface area contributed by atoms with E-state index in [1.165, 1.54) is 0 Å². The zero-order chi connectivity index (χ0) is 11.9. The summed E-state index contributed by atoms with van der Waals surface area (Å²) < 4.78 is 25.8. The molecule has 4 nitrogen and oxygen atoms in total. The van der Waals surface area contributed by atoms with E-state index in [9.17, 15) is 8.42 Å². The molecule has 0 spiro atoms. The van der Waals surface area contributed by atoms with Gasteiger partial charge in [-0.05, 0) is 19.3 Å². The first-order valence-corrected chi connectivity index (χ1v) is 7.29. The van der Waals surface area contributed by atoms with Gasteiger partial charge in [0.2, 0.25) is 10.0 Å². The van der Waals surface area contributed by atoms with Gasteiger partial charge in [0.1, 0.15) is 0 Å². The molecule has 0 rings (SSSR count). The largest absolute Gasteiger partial charge is 0.328 e. The maximum absolute atomic E-state index is 11.6. The summed E-state index contributed by atoms with van der Waals surface area (Å²) in [5, 5.41) is 0. The predicted molar refractivity (Wildman–Crippen MR) is 71.4 cm³/mol. The summed E-state index contributed by atoms with van der Waals surface area (Å²) in [6.07, 6.45) is 2.50. The Balaban J connectivity index is 0. The molecule has 100 valence electrons. The van der Waals surface area contributed by atoms with Gasteiger partial charge in [0.05, 0.1) is 5.75 Å². The zero-order valence-corrected chi connectivity index (χ0v) is 12.0. The molecule has 6 heteroatoms. The van der Waals surface area contributed by atoms with E-state index in [0.717, 1.165) is 12.8 Å². The van der Waals surface area contributed by atoms with E-state index in [2.05, 4.69) is 4.72 Å². The maximum atomic E-state index is 11.6. The van der Waals surface area contributed by atoms with Crippen LogP contribution in [0.2, 0.25) is 0 Å². The van der Waals surface area contributed by atoms with Crippen LogP contribution in [0, 0.1) is 5.92 Å². The van der Waals surface area contributed by atoms with Crippen LogP contribution in [-0.2, 0) is 10.0 Å². The molecule has 0 aromatic rings. The van der Waals surface area contributed by atoms with Crippen molar-refractivity contribution in [1.82, 2.24) is 4.72 Å². The fourth-order valence-corrected chi connectivity index (χ4v) is 2.97. The molecular formula is C10H25ClN2O2S. The molecule has 0 aromatic heterocycles. The van der Waals surface area contributed by atoms with E-state index in [-0.39, 0.29) is 30.1 Å². The zero-order valence-electron chi connectivity index (χ0n) is 10.4. The maximum Gasteiger partial charge on any atom is 0.211 e. The Morgan fingerprint density at radius 1 is 1.25 bits per heavy atom. The first-order chi connectivity index (χ1) is 6.91. The summed E-state index contributed by atoms with van der Waals surface area (Å²) in [7, 11) is -3.11. The molecule has 0 radical (unpaired) electrons. The molecule has 0 saturated heterocycles. The van der Waals surface area contributed by atoms with Crippen LogP contribution in [0.1, 0.15) is 40.0 Å². The SMILES string of the molecule is CCC(CC)CS(=O)(=O)NCCC(C)N.Cl. The van der Waals surface area contributed by atoms with E-state index in [4.69, 9.17) is 5.73 Å². The minimum atomic E-state index is -3.11. The smallest absolute Gasteiger partial charge is 0.211 e. The van der Waals surface area contributed by atoms with E-state index in [1.54, 1.807) is 0 Å². The van der Waals surface area contributed by atoms with Crippen molar-refractivity contribution in [3.8, 4) is 0 Å². The Morgan fingerprint density at radius 2 is 1.75 bits per heavy atom. The molecule has 0 heterocycles. The number of nitrogens with two attached hydrogens (primary N) is 1. The Labute approximate surface area is 106 Å². The van der Waals surface area contributed by atoms with Crippen molar-refractivity contribution < 1.29 is 8.42 Å². The third-order valence-electron chi connectivity index (χ3n) is 2.53. The number of halogens is 1. The fourth-order valence-electron chi connectivity index (χ4n) is 1.34. The lowest BCUT2D eigenvalue weighted by atomic mass is 10.1. The van der Waals surface area contributed by atoms with Crippen molar-refractivity contribution in [1.29, 1.82) is 0 Å². The molecule has 3 N–H and O–H groups in total. The Kier molecular flexibility index (Phi) is 10.7. The van der Waals surface area contributed by atoms with Crippen molar-refractivity contribution in [2.75, 3.05) is 12.3 Å². The molecule has 0 bridgehead atoms. The van der Waals surface area contributed by atoms with Crippen molar-refractivity contribution in [3.63, 3.8) is 0 Å². The van der Waals surface area contributed by atoms with E-state index >= 15 is 0 Å². The minimum Gasteiger partial charge on any atom is -0.328 e. The van der Waals surface area contributed by atoms with Gasteiger partial charge in [-0.3, -0.25) is 0 Å². The summed E-state index contributed by atoms with van der Waals surface area (Å²) in [5.41, 5.74) is 5.54. The second-order valence-electron chi connectivity index (χ2n) is 4.12. The highest BCUT2D eigenvalue weighted by molar-refractivity contribution is 7.89. The summed E-state index contributed by atoms with van der Waals surface area (Å²) in [4.78, 5) is 0. The molecule has 0 aromatic carbocycles. The normalized spacial score (nSPS) is 13.6. The van der Waals surface area contributed by atoms with Gasteiger partial charge in [0, 0.05) is 12.6 Å². The van der Waals surface area contributed by atoms with Crippen LogP contribution < -0.4 is 10.5 Å². The van der Waals surface area contributed by atoms with E-state index in [1.807, 2.05) is 20.8 Å². The Hall–Kier alpha value is 0.160. The highest BCUT2D eigenvalue weighted by Crippen LogP contribution is 2.09. The second-order valence-corrected chi connectivity index (χ2v) is 5.98. The van der Waals surface area contributed by atoms with Gasteiger partial charge in [-0.1, -0.05) is 26.7 Å². The fraction of sp³-hybridized carbons (Fsp3) is 1.00. The standard InChI is InChI=1S/C10H24N2O2S.ClH/c1-4-10(5-2)8-15(13,14)12-7-6-9(3)11;/h9-10,12H,4-8,11H2,1-3H3;1H. The summed E-state index contributed by atoms with van der Waals surface area (Å²) in [5.74, 6) is 0.497.